The predicted molar refractivity (Wildman–Crippen MR) is 110 cm³/mol. The molecule has 3 N–H and O–H groups in total. The number of amides is 1. The molecule has 0 aliphatic carbocycles. The van der Waals surface area contributed by atoms with Gasteiger partial charge in [-0.2, -0.15) is 5.10 Å². The van der Waals surface area contributed by atoms with Crippen molar-refractivity contribution < 1.29 is 9.90 Å². The van der Waals surface area contributed by atoms with E-state index in [0.29, 0.717) is 11.4 Å². The number of aryl methyl sites for hydroxylation is 1. The van der Waals surface area contributed by atoms with Crippen LogP contribution < -0.4 is 10.6 Å². The zero-order valence-corrected chi connectivity index (χ0v) is 16.1. The van der Waals surface area contributed by atoms with E-state index in [1.165, 1.54) is 22.7 Å². The molecule has 0 radical (unpaired) electrons. The number of rotatable bonds is 6. The van der Waals surface area contributed by atoms with Crippen LogP contribution in [-0.2, 0) is 7.05 Å². The van der Waals surface area contributed by atoms with Crippen LogP contribution in [0.15, 0.2) is 42.6 Å². The van der Waals surface area contributed by atoms with Gasteiger partial charge in [0.1, 0.15) is 4.83 Å². The second kappa shape index (κ2) is 7.47. The molecule has 0 saturated heterocycles. The van der Waals surface area contributed by atoms with E-state index in [0.717, 1.165) is 31.6 Å². The van der Waals surface area contributed by atoms with E-state index in [1.807, 2.05) is 49.6 Å². The van der Waals surface area contributed by atoms with Gasteiger partial charge >= 0.3 is 0 Å². The summed E-state index contributed by atoms with van der Waals surface area (Å²) in [5, 5.41) is 19.9. The molecule has 0 unspecified atom stereocenters. The Morgan fingerprint density at radius 2 is 2.04 bits per heavy atom. The third kappa shape index (κ3) is 3.85. The van der Waals surface area contributed by atoms with Crippen LogP contribution in [0, 0.1) is 0 Å². The molecule has 0 bridgehead atoms. The molecule has 4 rings (SSSR count). The maximum absolute atomic E-state index is 12.5. The standard InChI is InChI=1S/C18H17N5O2S2/c1-23-8-6-13(22-23)11-2-4-12(5-3-11)20-16(25)14-10-15-17(26-14)21-18(27-15)19-7-9-24/h2-6,8,10,24H,7,9H2,1H3,(H,19,21)(H,20,25). The van der Waals surface area contributed by atoms with Gasteiger partial charge in [0.2, 0.25) is 0 Å². The van der Waals surface area contributed by atoms with Gasteiger partial charge in [0.15, 0.2) is 5.13 Å². The van der Waals surface area contributed by atoms with E-state index in [2.05, 4.69) is 20.7 Å². The Balaban J connectivity index is 1.45. The maximum atomic E-state index is 12.5. The SMILES string of the molecule is Cn1ccc(-c2ccc(NC(=O)c3cc4sc(NCCO)nc4s3)cc2)n1. The number of aliphatic hydroxyl groups is 1. The first-order valence-electron chi connectivity index (χ1n) is 8.29. The number of anilines is 2. The Labute approximate surface area is 163 Å². The molecule has 1 amide bonds. The van der Waals surface area contributed by atoms with Crippen LogP contribution >= 0.6 is 22.7 Å². The molecule has 0 aliphatic rings. The first-order chi connectivity index (χ1) is 13.1. The highest BCUT2D eigenvalue weighted by Gasteiger charge is 2.14. The highest BCUT2D eigenvalue weighted by molar-refractivity contribution is 7.29. The van der Waals surface area contributed by atoms with Crippen LogP contribution in [0.25, 0.3) is 20.8 Å². The molecule has 0 spiro atoms. The molecule has 0 fully saturated rings. The Morgan fingerprint density at radius 3 is 2.70 bits per heavy atom. The summed E-state index contributed by atoms with van der Waals surface area (Å²) >= 11 is 2.83. The Bertz CT molecular complexity index is 1050. The molecule has 0 aliphatic heterocycles. The quantitative estimate of drug-likeness (QED) is 0.462. The van der Waals surface area contributed by atoms with Gasteiger partial charge in [-0.25, -0.2) is 4.98 Å². The molecule has 0 saturated carbocycles. The second-order valence-corrected chi connectivity index (χ2v) is 7.92. The minimum absolute atomic E-state index is 0.0556. The van der Waals surface area contributed by atoms with Gasteiger partial charge in [-0.05, 0) is 24.3 Å². The van der Waals surface area contributed by atoms with E-state index in [4.69, 9.17) is 5.11 Å². The minimum atomic E-state index is -0.152. The number of aliphatic hydroxyl groups excluding tert-OH is 1. The molecule has 7 nitrogen and oxygen atoms in total. The number of thiazole rings is 1. The van der Waals surface area contributed by atoms with Crippen molar-refractivity contribution >= 4 is 48.9 Å². The molecular weight excluding hydrogens is 382 g/mol. The molecule has 1 aromatic carbocycles. The van der Waals surface area contributed by atoms with Crippen molar-refractivity contribution in [3.63, 3.8) is 0 Å². The molecule has 27 heavy (non-hydrogen) atoms. The van der Waals surface area contributed by atoms with Crippen LogP contribution in [0.4, 0.5) is 10.8 Å². The molecule has 3 aromatic heterocycles. The van der Waals surface area contributed by atoms with Crippen LogP contribution in [0.2, 0.25) is 0 Å². The van der Waals surface area contributed by atoms with E-state index in [1.54, 1.807) is 4.68 Å². The van der Waals surface area contributed by atoms with Crippen LogP contribution in [0.3, 0.4) is 0 Å². The number of nitrogens with one attached hydrogen (secondary N) is 2. The van der Waals surface area contributed by atoms with Crippen molar-refractivity contribution in [1.82, 2.24) is 14.8 Å². The van der Waals surface area contributed by atoms with Gasteiger partial charge in [-0.3, -0.25) is 9.48 Å². The number of nitrogens with zero attached hydrogens (tertiary/aromatic N) is 3. The number of thiophene rings is 1. The number of aromatic nitrogens is 3. The Hall–Kier alpha value is -2.75. The van der Waals surface area contributed by atoms with Gasteiger partial charge in [0.25, 0.3) is 5.91 Å². The number of hydrogen-bond donors (Lipinski definition) is 3. The van der Waals surface area contributed by atoms with Crippen molar-refractivity contribution in [3.8, 4) is 11.3 Å². The summed E-state index contributed by atoms with van der Waals surface area (Å²) in [6, 6.07) is 11.4. The van der Waals surface area contributed by atoms with Crippen molar-refractivity contribution in [2.24, 2.45) is 7.05 Å². The third-order valence-corrected chi connectivity index (χ3v) is 5.97. The zero-order chi connectivity index (χ0) is 18.8. The van der Waals surface area contributed by atoms with E-state index < -0.39 is 0 Å². The fourth-order valence-electron chi connectivity index (χ4n) is 2.57. The number of carbonyl (C=O) groups excluding carboxylic acids is 1. The van der Waals surface area contributed by atoms with Gasteiger partial charge in [-0.1, -0.05) is 23.5 Å². The third-order valence-electron chi connectivity index (χ3n) is 3.85. The first-order valence-corrected chi connectivity index (χ1v) is 9.92. The fourth-order valence-corrected chi connectivity index (χ4v) is 4.61. The lowest BCUT2D eigenvalue weighted by Crippen LogP contribution is -2.09. The lowest BCUT2D eigenvalue weighted by molar-refractivity contribution is 0.103. The molecule has 4 aromatic rings. The smallest absolute Gasteiger partial charge is 0.265 e. The van der Waals surface area contributed by atoms with Crippen molar-refractivity contribution in [1.29, 1.82) is 0 Å². The minimum Gasteiger partial charge on any atom is -0.395 e. The Morgan fingerprint density at radius 1 is 1.22 bits per heavy atom. The van der Waals surface area contributed by atoms with E-state index in [9.17, 15) is 4.79 Å². The normalized spacial score (nSPS) is 11.0. The van der Waals surface area contributed by atoms with E-state index in [-0.39, 0.29) is 12.5 Å². The van der Waals surface area contributed by atoms with Crippen molar-refractivity contribution in [3.05, 3.63) is 47.5 Å². The number of benzene rings is 1. The largest absolute Gasteiger partial charge is 0.395 e. The van der Waals surface area contributed by atoms with Crippen LogP contribution in [0.5, 0.6) is 0 Å². The summed E-state index contributed by atoms with van der Waals surface area (Å²) in [4.78, 5) is 18.4. The topological polar surface area (TPSA) is 92.1 Å². The zero-order valence-electron chi connectivity index (χ0n) is 14.5. The fraction of sp³-hybridized carbons (Fsp3) is 0.167. The number of carbonyl (C=O) groups is 1. The van der Waals surface area contributed by atoms with Gasteiger partial charge in [-0.15, -0.1) is 11.3 Å². The van der Waals surface area contributed by atoms with E-state index >= 15 is 0 Å². The summed E-state index contributed by atoms with van der Waals surface area (Å²) < 4.78 is 2.71. The average molecular weight is 400 g/mol. The number of fused-ring (bicyclic) bond motifs is 1. The molecule has 3 heterocycles. The van der Waals surface area contributed by atoms with Crippen molar-refractivity contribution in [2.45, 2.75) is 0 Å². The summed E-state index contributed by atoms with van der Waals surface area (Å²) in [5.74, 6) is -0.152. The van der Waals surface area contributed by atoms with Crippen molar-refractivity contribution in [2.75, 3.05) is 23.8 Å². The summed E-state index contributed by atoms with van der Waals surface area (Å²) in [6.07, 6.45) is 1.90. The monoisotopic (exact) mass is 399 g/mol. The summed E-state index contributed by atoms with van der Waals surface area (Å²) in [7, 11) is 1.88. The molecule has 0 atom stereocenters. The summed E-state index contributed by atoms with van der Waals surface area (Å²) in [6.45, 7) is 0.516. The lowest BCUT2D eigenvalue weighted by Gasteiger charge is -2.04. The summed E-state index contributed by atoms with van der Waals surface area (Å²) in [5.41, 5.74) is 2.62. The lowest BCUT2D eigenvalue weighted by atomic mass is 10.1. The predicted octanol–water partition coefficient (Wildman–Crippen LogP) is 3.41. The Kier molecular flexibility index (Phi) is 4.88. The number of hydrogen-bond acceptors (Lipinski definition) is 7. The molecular formula is C18H17N5O2S2. The highest BCUT2D eigenvalue weighted by Crippen LogP contribution is 2.33. The maximum Gasteiger partial charge on any atom is 0.265 e. The first kappa shape index (κ1) is 17.7. The second-order valence-electron chi connectivity index (χ2n) is 5.86. The molecule has 9 heteroatoms. The average Bonchev–Trinajstić information content (AvgIpc) is 3.35. The van der Waals surface area contributed by atoms with Crippen LogP contribution in [0.1, 0.15) is 9.67 Å². The van der Waals surface area contributed by atoms with Gasteiger partial charge in [0, 0.05) is 31.0 Å². The van der Waals surface area contributed by atoms with Crippen LogP contribution in [-0.4, -0.2) is 38.9 Å². The van der Waals surface area contributed by atoms with Gasteiger partial charge in [0.05, 0.1) is 21.9 Å². The molecule has 138 valence electrons. The highest BCUT2D eigenvalue weighted by atomic mass is 32.1. The van der Waals surface area contributed by atoms with Gasteiger partial charge < -0.3 is 15.7 Å².